The molecule has 0 radical (unpaired) electrons. The van der Waals surface area contributed by atoms with Crippen LogP contribution in [0.2, 0.25) is 0 Å². The molecule has 0 saturated carbocycles. The number of rotatable bonds is 2. The number of aromatic nitrogens is 2. The van der Waals surface area contributed by atoms with Crippen molar-refractivity contribution < 1.29 is 27.1 Å². The lowest BCUT2D eigenvalue weighted by Crippen LogP contribution is -2.35. The third-order valence-electron chi connectivity index (χ3n) is 3.17. The minimum Gasteiger partial charge on any atom is -0.443 e. The van der Waals surface area contributed by atoms with Gasteiger partial charge < -0.3 is 4.74 Å². The predicted molar refractivity (Wildman–Crippen MR) is 87.1 cm³/mol. The molecule has 0 atom stereocenters. The lowest BCUT2D eigenvalue weighted by atomic mass is 10.1. The minimum atomic E-state index is -4.83. The summed E-state index contributed by atoms with van der Waals surface area (Å²) in [7, 11) is 1.16. The lowest BCUT2D eigenvalue weighted by molar-refractivity contribution is -0.140. The van der Waals surface area contributed by atoms with E-state index in [2.05, 4.69) is 9.97 Å². The van der Waals surface area contributed by atoms with E-state index in [-0.39, 0.29) is 11.3 Å². The molecule has 5 nitrogen and oxygen atoms in total. The number of hydrogen-bond donors (Lipinski definition) is 0. The summed E-state index contributed by atoms with van der Waals surface area (Å²) < 4.78 is 58.7. The number of hydrogen-bond acceptors (Lipinski definition) is 4. The molecule has 0 fully saturated rings. The Hall–Kier alpha value is -2.71. The zero-order valence-corrected chi connectivity index (χ0v) is 14.6. The van der Waals surface area contributed by atoms with Crippen molar-refractivity contribution >= 4 is 11.8 Å². The predicted octanol–water partition coefficient (Wildman–Crippen LogP) is 4.67. The summed E-state index contributed by atoms with van der Waals surface area (Å²) >= 11 is 0. The van der Waals surface area contributed by atoms with E-state index in [1.54, 1.807) is 20.8 Å². The first kappa shape index (κ1) is 19.6. The van der Waals surface area contributed by atoms with Gasteiger partial charge in [-0.2, -0.15) is 13.2 Å². The summed E-state index contributed by atoms with van der Waals surface area (Å²) in [6.07, 6.45) is -3.66. The van der Waals surface area contributed by atoms with Crippen LogP contribution in [0.25, 0.3) is 11.3 Å². The molecule has 9 heteroatoms. The van der Waals surface area contributed by atoms with Gasteiger partial charge in [-0.25, -0.2) is 14.2 Å². The van der Waals surface area contributed by atoms with Crippen molar-refractivity contribution in [3.8, 4) is 11.3 Å². The van der Waals surface area contributed by atoms with E-state index >= 15 is 0 Å². The molecule has 2 aromatic heterocycles. The highest BCUT2D eigenvalue weighted by atomic mass is 19.4. The molecule has 0 unspecified atom stereocenters. The van der Waals surface area contributed by atoms with Crippen molar-refractivity contribution in [1.29, 1.82) is 0 Å². The maximum absolute atomic E-state index is 13.5. The van der Waals surface area contributed by atoms with Gasteiger partial charge in [0.1, 0.15) is 11.4 Å². The number of alkyl halides is 3. The molecule has 2 rings (SSSR count). The van der Waals surface area contributed by atoms with E-state index in [9.17, 15) is 22.4 Å². The number of carbonyl (C=O) groups is 1. The van der Waals surface area contributed by atoms with Crippen molar-refractivity contribution in [2.75, 3.05) is 11.9 Å². The normalized spacial score (nSPS) is 12.0. The Kier molecular flexibility index (Phi) is 5.20. The zero-order valence-electron chi connectivity index (χ0n) is 14.6. The van der Waals surface area contributed by atoms with Crippen molar-refractivity contribution in [2.24, 2.45) is 0 Å². The van der Waals surface area contributed by atoms with Crippen LogP contribution < -0.4 is 4.90 Å². The van der Waals surface area contributed by atoms with Gasteiger partial charge in [0.2, 0.25) is 0 Å². The molecule has 0 saturated heterocycles. The van der Waals surface area contributed by atoms with Gasteiger partial charge in [-0.15, -0.1) is 0 Å². The number of halogens is 4. The van der Waals surface area contributed by atoms with Crippen molar-refractivity contribution in [2.45, 2.75) is 32.5 Å². The molecule has 0 aliphatic rings. The van der Waals surface area contributed by atoms with Gasteiger partial charge >= 0.3 is 12.3 Å². The largest absolute Gasteiger partial charge is 0.443 e. The zero-order chi connectivity index (χ0) is 19.7. The average Bonchev–Trinajstić information content (AvgIpc) is 2.51. The van der Waals surface area contributed by atoms with Crippen molar-refractivity contribution in [3.63, 3.8) is 0 Å². The van der Waals surface area contributed by atoms with Crippen LogP contribution >= 0.6 is 0 Å². The summed E-state index contributed by atoms with van der Waals surface area (Å²) in [4.78, 5) is 20.0. The Bertz CT molecular complexity index is 816. The third kappa shape index (κ3) is 4.68. The van der Waals surface area contributed by atoms with Crippen LogP contribution in [0.3, 0.4) is 0 Å². The number of pyridine rings is 2. The van der Waals surface area contributed by atoms with Crippen LogP contribution in [-0.4, -0.2) is 28.7 Å². The second kappa shape index (κ2) is 6.89. The minimum absolute atomic E-state index is 0.0852. The number of amides is 1. The monoisotopic (exact) mass is 371 g/mol. The van der Waals surface area contributed by atoms with Crippen LogP contribution in [0.4, 0.5) is 28.0 Å². The van der Waals surface area contributed by atoms with Gasteiger partial charge in [0.25, 0.3) is 0 Å². The highest BCUT2D eigenvalue weighted by Crippen LogP contribution is 2.36. The summed E-state index contributed by atoms with van der Waals surface area (Å²) in [6, 6.07) is 3.36. The Morgan fingerprint density at radius 1 is 1.15 bits per heavy atom. The topological polar surface area (TPSA) is 55.3 Å². The van der Waals surface area contributed by atoms with E-state index < -0.39 is 35.1 Å². The molecular weight excluding hydrogens is 354 g/mol. The molecule has 0 bridgehead atoms. The van der Waals surface area contributed by atoms with Gasteiger partial charge in [0.05, 0.1) is 17.6 Å². The molecule has 0 aromatic carbocycles. The van der Waals surface area contributed by atoms with Gasteiger partial charge in [-0.05, 0) is 39.0 Å². The first-order chi connectivity index (χ1) is 11.9. The Balaban J connectivity index is 2.49. The molecule has 1 amide bonds. The summed E-state index contributed by atoms with van der Waals surface area (Å²) in [6.45, 7) is 4.80. The second-order valence-electron chi connectivity index (χ2n) is 6.49. The quantitative estimate of drug-likeness (QED) is 0.720. The molecule has 26 heavy (non-hydrogen) atoms. The lowest BCUT2D eigenvalue weighted by Gasteiger charge is -2.26. The second-order valence-corrected chi connectivity index (χ2v) is 6.49. The smallest absolute Gasteiger partial charge is 0.435 e. The van der Waals surface area contributed by atoms with Crippen LogP contribution in [0.5, 0.6) is 0 Å². The maximum atomic E-state index is 13.5. The molecule has 0 spiro atoms. The van der Waals surface area contributed by atoms with Crippen LogP contribution in [0.15, 0.2) is 30.6 Å². The Labute approximate surface area is 147 Å². The van der Waals surface area contributed by atoms with Crippen LogP contribution in [0, 0.1) is 5.82 Å². The molecule has 2 aromatic rings. The fourth-order valence-corrected chi connectivity index (χ4v) is 2.07. The standard InChI is InChI=1S/C17H17F4N3O2/c1-16(2,3)26-15(25)24(4)13-6-5-12(23-14(13)17(19,20)21)10-7-11(18)9-22-8-10/h5-9H,1-4H3. The highest BCUT2D eigenvalue weighted by Gasteiger charge is 2.38. The first-order valence-electron chi connectivity index (χ1n) is 7.54. The molecule has 0 aliphatic carbocycles. The fraction of sp³-hybridized carbons (Fsp3) is 0.353. The number of nitrogens with zero attached hydrogens (tertiary/aromatic N) is 3. The van der Waals surface area contributed by atoms with Crippen LogP contribution in [0.1, 0.15) is 26.5 Å². The van der Waals surface area contributed by atoms with Crippen molar-refractivity contribution in [3.05, 3.63) is 42.1 Å². The summed E-state index contributed by atoms with van der Waals surface area (Å²) in [5.74, 6) is -0.701. The SMILES string of the molecule is CN(C(=O)OC(C)(C)C)c1ccc(-c2cncc(F)c2)nc1C(F)(F)F. The molecule has 0 aliphatic heterocycles. The number of anilines is 1. The van der Waals surface area contributed by atoms with Gasteiger partial charge in [-0.1, -0.05) is 0 Å². The molecule has 2 heterocycles. The maximum Gasteiger partial charge on any atom is 0.435 e. The fourth-order valence-electron chi connectivity index (χ4n) is 2.07. The number of ether oxygens (including phenoxy) is 1. The van der Waals surface area contributed by atoms with E-state index in [1.165, 1.54) is 12.3 Å². The molecule has 0 N–H and O–H groups in total. The summed E-state index contributed by atoms with van der Waals surface area (Å²) in [5.41, 5.74) is -2.66. The highest BCUT2D eigenvalue weighted by molar-refractivity contribution is 5.88. The molecule has 140 valence electrons. The Morgan fingerprint density at radius 3 is 2.35 bits per heavy atom. The third-order valence-corrected chi connectivity index (χ3v) is 3.17. The van der Waals surface area contributed by atoms with E-state index in [4.69, 9.17) is 4.74 Å². The van der Waals surface area contributed by atoms with E-state index in [1.807, 2.05) is 0 Å². The van der Waals surface area contributed by atoms with Gasteiger partial charge in [0.15, 0.2) is 5.69 Å². The van der Waals surface area contributed by atoms with Gasteiger partial charge in [0, 0.05) is 18.8 Å². The average molecular weight is 371 g/mol. The number of carbonyl (C=O) groups excluding carboxylic acids is 1. The Morgan fingerprint density at radius 2 is 1.81 bits per heavy atom. The van der Waals surface area contributed by atoms with E-state index in [0.29, 0.717) is 0 Å². The van der Waals surface area contributed by atoms with Crippen molar-refractivity contribution in [1.82, 2.24) is 9.97 Å². The van der Waals surface area contributed by atoms with Crippen LogP contribution in [-0.2, 0) is 10.9 Å². The molecular formula is C17H17F4N3O2. The summed E-state index contributed by atoms with van der Waals surface area (Å²) in [5, 5.41) is 0. The van der Waals surface area contributed by atoms with E-state index in [0.717, 1.165) is 30.3 Å². The van der Waals surface area contributed by atoms with Gasteiger partial charge in [-0.3, -0.25) is 9.88 Å². The first-order valence-corrected chi connectivity index (χ1v) is 7.54.